The van der Waals surface area contributed by atoms with Crippen molar-refractivity contribution in [1.82, 2.24) is 0 Å². The summed E-state index contributed by atoms with van der Waals surface area (Å²) in [6.45, 7) is 2.58. The van der Waals surface area contributed by atoms with Gasteiger partial charge in [0.05, 0.1) is 11.9 Å². The van der Waals surface area contributed by atoms with Gasteiger partial charge >= 0.3 is 0 Å². The summed E-state index contributed by atoms with van der Waals surface area (Å²) in [7, 11) is -3.35. The highest BCUT2D eigenvalue weighted by Crippen LogP contribution is 2.35. The molecule has 4 rings (SSSR count). The molecule has 2 aromatic carbocycles. The van der Waals surface area contributed by atoms with E-state index in [1.165, 1.54) is 10.6 Å². The highest BCUT2D eigenvalue weighted by atomic mass is 32.2. The summed E-state index contributed by atoms with van der Waals surface area (Å²) in [6, 6.07) is 12.0. The molecule has 0 aliphatic carbocycles. The van der Waals surface area contributed by atoms with Crippen LogP contribution in [0.2, 0.25) is 0 Å². The molecule has 2 aromatic rings. The maximum atomic E-state index is 12.6. The second kappa shape index (κ2) is 6.63. The van der Waals surface area contributed by atoms with E-state index in [0.717, 1.165) is 17.8 Å². The predicted octanol–water partition coefficient (Wildman–Crippen LogP) is 2.39. The number of hydrogen-bond acceptors (Lipinski definition) is 4. The third-order valence-electron chi connectivity index (χ3n) is 5.14. The van der Waals surface area contributed by atoms with E-state index in [2.05, 4.69) is 5.32 Å². The molecule has 1 N–H and O–H groups in total. The molecule has 0 saturated carbocycles. The Labute approximate surface area is 164 Å². The first-order valence-corrected chi connectivity index (χ1v) is 10.9. The fourth-order valence-electron chi connectivity index (χ4n) is 3.77. The Hall–Kier alpha value is -2.87. The average Bonchev–Trinajstić information content (AvgIpc) is 2.97. The first kappa shape index (κ1) is 18.5. The van der Waals surface area contributed by atoms with Crippen molar-refractivity contribution < 1.29 is 18.0 Å². The minimum absolute atomic E-state index is 0.104. The molecule has 0 spiro atoms. The minimum Gasteiger partial charge on any atom is -0.322 e. The molecule has 1 unspecified atom stereocenters. The van der Waals surface area contributed by atoms with E-state index in [4.69, 9.17) is 0 Å². The molecule has 1 atom stereocenters. The van der Waals surface area contributed by atoms with Crippen molar-refractivity contribution in [3.63, 3.8) is 0 Å². The van der Waals surface area contributed by atoms with Crippen LogP contribution >= 0.6 is 0 Å². The number of rotatable bonds is 4. The fraction of sp³-hybridized carbons (Fsp3) is 0.300. The number of sulfonamides is 1. The van der Waals surface area contributed by atoms with Crippen LogP contribution in [0.25, 0.3) is 0 Å². The monoisotopic (exact) mass is 399 g/mol. The summed E-state index contributed by atoms with van der Waals surface area (Å²) in [4.78, 5) is 25.8. The molecule has 1 saturated heterocycles. The Kier molecular flexibility index (Phi) is 4.38. The van der Waals surface area contributed by atoms with Gasteiger partial charge in [0, 0.05) is 35.9 Å². The summed E-state index contributed by atoms with van der Waals surface area (Å²) in [5.41, 5.74) is 3.41. The molecule has 1 fully saturated rings. The molecule has 8 heteroatoms. The predicted molar refractivity (Wildman–Crippen MR) is 108 cm³/mol. The second-order valence-corrected chi connectivity index (χ2v) is 9.11. The lowest BCUT2D eigenvalue weighted by atomic mass is 10.1. The van der Waals surface area contributed by atoms with Gasteiger partial charge in [-0.15, -0.1) is 0 Å². The van der Waals surface area contributed by atoms with E-state index in [1.54, 1.807) is 47.4 Å². The summed E-state index contributed by atoms with van der Waals surface area (Å²) < 4.78 is 25.4. The van der Waals surface area contributed by atoms with Crippen LogP contribution in [0.1, 0.15) is 29.3 Å². The van der Waals surface area contributed by atoms with Gasteiger partial charge in [0.25, 0.3) is 5.91 Å². The summed E-state index contributed by atoms with van der Waals surface area (Å²) in [5, 5.41) is 2.84. The van der Waals surface area contributed by atoms with Crippen LogP contribution in [0, 0.1) is 0 Å². The van der Waals surface area contributed by atoms with E-state index in [9.17, 15) is 18.0 Å². The van der Waals surface area contributed by atoms with Gasteiger partial charge in [0.1, 0.15) is 0 Å². The number of nitrogens with zero attached hydrogens (tertiary/aromatic N) is 2. The van der Waals surface area contributed by atoms with Crippen molar-refractivity contribution in [3.8, 4) is 0 Å². The number of β-lactam (4-membered cyclic amide) rings is 1. The number of benzene rings is 2. The van der Waals surface area contributed by atoms with Crippen LogP contribution in [0.3, 0.4) is 0 Å². The fourth-order valence-corrected chi connectivity index (χ4v) is 5.03. The molecule has 0 aromatic heterocycles. The van der Waals surface area contributed by atoms with Crippen LogP contribution in [-0.2, 0) is 21.2 Å². The second-order valence-electron chi connectivity index (χ2n) is 7.25. The molecule has 7 nitrogen and oxygen atoms in total. The lowest BCUT2D eigenvalue weighted by Gasteiger charge is -2.30. The van der Waals surface area contributed by atoms with Gasteiger partial charge < -0.3 is 10.2 Å². The molecule has 0 bridgehead atoms. The number of fused-ring (bicyclic) bond motifs is 1. The maximum absolute atomic E-state index is 12.6. The highest BCUT2D eigenvalue weighted by molar-refractivity contribution is 7.92. The smallest absolute Gasteiger partial charge is 0.255 e. The van der Waals surface area contributed by atoms with E-state index in [0.29, 0.717) is 29.8 Å². The Bertz CT molecular complexity index is 1060. The quantitative estimate of drug-likeness (QED) is 0.800. The first-order valence-electron chi connectivity index (χ1n) is 9.08. The zero-order valence-corrected chi connectivity index (χ0v) is 16.5. The zero-order valence-electron chi connectivity index (χ0n) is 15.7. The Balaban J connectivity index is 1.50. The molecule has 2 amide bonds. The maximum Gasteiger partial charge on any atom is 0.255 e. The molecular weight excluding hydrogens is 378 g/mol. The third-order valence-corrected chi connectivity index (χ3v) is 6.41. The van der Waals surface area contributed by atoms with Gasteiger partial charge in [-0.05, 0) is 61.4 Å². The van der Waals surface area contributed by atoms with Crippen molar-refractivity contribution in [2.75, 3.05) is 27.3 Å². The standard InChI is InChI=1S/C20H21N3O4S/c1-13-11-15-12-14(3-8-18(15)23(13)28(2,26)27)20(25)21-16-4-6-17(7-5-16)22-10-9-19(22)24/h3-8,12-13H,9-11H2,1-2H3,(H,21,25). The molecule has 146 valence electrons. The molecular formula is C20H21N3O4S. The van der Waals surface area contributed by atoms with E-state index in [-0.39, 0.29) is 17.9 Å². The summed E-state index contributed by atoms with van der Waals surface area (Å²) in [5.74, 6) is -0.159. The zero-order chi connectivity index (χ0) is 20.1. The SMILES string of the molecule is CC1Cc2cc(C(=O)Nc3ccc(N4CCC4=O)cc3)ccc2N1S(C)(=O)=O. The lowest BCUT2D eigenvalue weighted by Crippen LogP contribution is -2.43. The third kappa shape index (κ3) is 3.24. The highest BCUT2D eigenvalue weighted by Gasteiger charge is 2.32. The van der Waals surface area contributed by atoms with Crippen molar-refractivity contribution in [3.05, 3.63) is 53.6 Å². The molecule has 2 aliphatic heterocycles. The minimum atomic E-state index is -3.35. The Morgan fingerprint density at radius 1 is 1.14 bits per heavy atom. The van der Waals surface area contributed by atoms with Gasteiger partial charge in [-0.1, -0.05) is 0 Å². The Morgan fingerprint density at radius 2 is 1.86 bits per heavy atom. The van der Waals surface area contributed by atoms with Gasteiger partial charge in [-0.25, -0.2) is 8.42 Å². The molecule has 2 aliphatic rings. The number of amides is 2. The van der Waals surface area contributed by atoms with E-state index in [1.807, 2.05) is 6.92 Å². The van der Waals surface area contributed by atoms with Crippen molar-refractivity contribution in [2.45, 2.75) is 25.8 Å². The van der Waals surface area contributed by atoms with E-state index >= 15 is 0 Å². The topological polar surface area (TPSA) is 86.8 Å². The molecule has 2 heterocycles. The average molecular weight is 399 g/mol. The van der Waals surface area contributed by atoms with Crippen LogP contribution in [0.15, 0.2) is 42.5 Å². The molecule has 0 radical (unpaired) electrons. The van der Waals surface area contributed by atoms with E-state index < -0.39 is 10.0 Å². The van der Waals surface area contributed by atoms with Crippen molar-refractivity contribution >= 4 is 38.9 Å². The van der Waals surface area contributed by atoms with Gasteiger partial charge in [0.2, 0.25) is 15.9 Å². The van der Waals surface area contributed by atoms with Crippen molar-refractivity contribution in [2.24, 2.45) is 0 Å². The van der Waals surface area contributed by atoms with Gasteiger partial charge in [-0.3, -0.25) is 13.9 Å². The van der Waals surface area contributed by atoms with Crippen molar-refractivity contribution in [1.29, 1.82) is 0 Å². The van der Waals surface area contributed by atoms with Gasteiger partial charge in [-0.2, -0.15) is 0 Å². The lowest BCUT2D eigenvalue weighted by molar-refractivity contribution is -0.122. The largest absolute Gasteiger partial charge is 0.322 e. The van der Waals surface area contributed by atoms with Crippen LogP contribution < -0.4 is 14.5 Å². The van der Waals surface area contributed by atoms with Crippen LogP contribution in [0.5, 0.6) is 0 Å². The number of nitrogens with one attached hydrogen (secondary N) is 1. The first-order chi connectivity index (χ1) is 13.2. The number of carbonyl (C=O) groups is 2. The number of anilines is 3. The van der Waals surface area contributed by atoms with Crippen LogP contribution in [-0.4, -0.2) is 39.1 Å². The Morgan fingerprint density at radius 3 is 2.43 bits per heavy atom. The summed E-state index contributed by atoms with van der Waals surface area (Å²) in [6.07, 6.45) is 2.34. The normalized spacial score (nSPS) is 18.6. The van der Waals surface area contributed by atoms with Crippen LogP contribution in [0.4, 0.5) is 17.1 Å². The molecule has 28 heavy (non-hydrogen) atoms. The number of hydrogen-bond donors (Lipinski definition) is 1. The number of carbonyl (C=O) groups excluding carboxylic acids is 2. The summed E-state index contributed by atoms with van der Waals surface area (Å²) >= 11 is 0. The van der Waals surface area contributed by atoms with Gasteiger partial charge in [0.15, 0.2) is 0 Å².